The Morgan fingerprint density at radius 3 is 2.20 bits per heavy atom. The van der Waals surface area contributed by atoms with Crippen molar-refractivity contribution >= 4 is 47.2 Å². The topological polar surface area (TPSA) is 96.7 Å². The van der Waals surface area contributed by atoms with Crippen LogP contribution in [0.1, 0.15) is 67.2 Å². The molecule has 1 unspecified atom stereocenters. The first-order valence-electron chi connectivity index (χ1n) is 15.8. The van der Waals surface area contributed by atoms with E-state index in [1.807, 2.05) is 41.2 Å². The lowest BCUT2D eigenvalue weighted by molar-refractivity contribution is 0.103. The van der Waals surface area contributed by atoms with Gasteiger partial charge in [-0.25, -0.2) is 4.79 Å². The maximum absolute atomic E-state index is 12.9. The lowest BCUT2D eigenvalue weighted by Crippen LogP contribution is -2.66. The van der Waals surface area contributed by atoms with Gasteiger partial charge in [0, 0.05) is 41.5 Å². The standard InChI is InChI=1S/C37H38N4O4Si/c1-37(2,3)46(27-11-6-4-7-12-27,28-13-8-5-9-14-28)45-34(25-23-38-41(24-25)26-19-21-40(22-20-26)36(43)44)30-17-18-32-33-29(30)15-10-16-31(33)35(42)39-32/h4-18,23-24,26,34H,19-22H2,1-3H3,(H,39,42)(H,43,44). The van der Waals surface area contributed by atoms with Crippen LogP contribution in [0.4, 0.5) is 10.5 Å². The number of hydrogen-bond acceptors (Lipinski definition) is 4. The summed E-state index contributed by atoms with van der Waals surface area (Å²) in [6, 6.07) is 31.2. The SMILES string of the molecule is CC(C)(C)[Si](OC(c1cnn(C2CCN(C(=O)O)CC2)c1)c1ccc2c3c(cccc13)C(=O)N2)(c1ccccc1)c1ccccc1. The predicted octanol–water partition coefficient (Wildman–Crippen LogP) is 6.58. The summed E-state index contributed by atoms with van der Waals surface area (Å²) >= 11 is 0. The molecule has 234 valence electrons. The van der Waals surface area contributed by atoms with Crippen molar-refractivity contribution < 1.29 is 19.1 Å². The molecule has 2 aliphatic heterocycles. The van der Waals surface area contributed by atoms with E-state index in [2.05, 4.69) is 92.9 Å². The van der Waals surface area contributed by atoms with Crippen molar-refractivity contribution in [3.05, 3.63) is 120 Å². The highest BCUT2D eigenvalue weighted by Crippen LogP contribution is 2.45. The summed E-state index contributed by atoms with van der Waals surface area (Å²) in [6.07, 6.45) is 4.00. The Labute approximate surface area is 269 Å². The number of rotatable bonds is 7. The number of carbonyl (C=O) groups is 2. The van der Waals surface area contributed by atoms with Gasteiger partial charge in [-0.3, -0.25) is 9.48 Å². The highest BCUT2D eigenvalue weighted by molar-refractivity contribution is 6.99. The molecule has 1 saturated heterocycles. The molecule has 3 heterocycles. The molecule has 0 spiro atoms. The molecule has 0 saturated carbocycles. The van der Waals surface area contributed by atoms with Gasteiger partial charge in [0.2, 0.25) is 0 Å². The van der Waals surface area contributed by atoms with Crippen LogP contribution in [0.25, 0.3) is 10.8 Å². The summed E-state index contributed by atoms with van der Waals surface area (Å²) in [6.45, 7) is 7.77. The maximum atomic E-state index is 12.9. The molecular formula is C37H38N4O4Si. The average Bonchev–Trinajstić information content (AvgIpc) is 3.68. The first-order chi connectivity index (χ1) is 22.2. The van der Waals surface area contributed by atoms with Crippen LogP contribution in [0, 0.1) is 0 Å². The smallest absolute Gasteiger partial charge is 0.407 e. The summed E-state index contributed by atoms with van der Waals surface area (Å²) in [5.41, 5.74) is 3.38. The van der Waals surface area contributed by atoms with E-state index >= 15 is 0 Å². The van der Waals surface area contributed by atoms with Crippen molar-refractivity contribution in [3.63, 3.8) is 0 Å². The van der Waals surface area contributed by atoms with Gasteiger partial charge >= 0.3 is 6.09 Å². The van der Waals surface area contributed by atoms with E-state index in [4.69, 9.17) is 9.52 Å². The van der Waals surface area contributed by atoms with Crippen molar-refractivity contribution in [3.8, 4) is 0 Å². The van der Waals surface area contributed by atoms with Crippen LogP contribution in [0.3, 0.4) is 0 Å². The van der Waals surface area contributed by atoms with E-state index in [0.29, 0.717) is 31.5 Å². The summed E-state index contributed by atoms with van der Waals surface area (Å²) in [5, 5.41) is 21.3. The third-order valence-electron chi connectivity index (χ3n) is 9.59. The normalized spacial score (nSPS) is 16.1. The highest BCUT2D eigenvalue weighted by Gasteiger charge is 2.52. The van der Waals surface area contributed by atoms with Crippen molar-refractivity contribution in [1.29, 1.82) is 0 Å². The first kappa shape index (κ1) is 29.9. The molecule has 1 aromatic heterocycles. The van der Waals surface area contributed by atoms with Crippen molar-refractivity contribution in [2.75, 3.05) is 18.4 Å². The number of anilines is 1. The Bertz CT molecular complexity index is 1870. The van der Waals surface area contributed by atoms with Crippen LogP contribution >= 0.6 is 0 Å². The zero-order valence-electron chi connectivity index (χ0n) is 26.3. The zero-order valence-corrected chi connectivity index (χ0v) is 27.3. The number of carboxylic acid groups (broad SMARTS) is 1. The molecule has 0 bridgehead atoms. The summed E-state index contributed by atoms with van der Waals surface area (Å²) < 4.78 is 9.81. The van der Waals surface area contributed by atoms with E-state index in [-0.39, 0.29) is 17.0 Å². The van der Waals surface area contributed by atoms with Crippen LogP contribution in [-0.4, -0.2) is 53.2 Å². The Morgan fingerprint density at radius 1 is 0.935 bits per heavy atom. The lowest BCUT2D eigenvalue weighted by Gasteiger charge is -2.45. The molecule has 8 nitrogen and oxygen atoms in total. The number of aromatic nitrogens is 2. The molecule has 9 heteroatoms. The third-order valence-corrected chi connectivity index (χ3v) is 14.6. The van der Waals surface area contributed by atoms with E-state index in [0.717, 1.165) is 27.6 Å². The van der Waals surface area contributed by atoms with E-state index < -0.39 is 20.5 Å². The molecule has 2 N–H and O–H groups in total. The summed E-state index contributed by atoms with van der Waals surface area (Å²) in [4.78, 5) is 25.9. The molecule has 1 fully saturated rings. The molecule has 1 atom stereocenters. The fourth-order valence-corrected chi connectivity index (χ4v) is 12.0. The second kappa shape index (κ2) is 11.6. The Morgan fingerprint density at radius 2 is 1.59 bits per heavy atom. The van der Waals surface area contributed by atoms with Crippen molar-refractivity contribution in [1.82, 2.24) is 14.7 Å². The minimum absolute atomic E-state index is 0.0903. The number of piperidine rings is 1. The summed E-state index contributed by atoms with van der Waals surface area (Å²) in [7, 11) is -3.03. The van der Waals surface area contributed by atoms with E-state index in [9.17, 15) is 14.7 Å². The number of benzene rings is 4. The van der Waals surface area contributed by atoms with E-state index in [1.54, 1.807) is 0 Å². The first-order valence-corrected chi connectivity index (χ1v) is 17.8. The van der Waals surface area contributed by atoms with Gasteiger partial charge in [-0.2, -0.15) is 5.10 Å². The van der Waals surface area contributed by atoms with Gasteiger partial charge in [0.05, 0.1) is 12.2 Å². The van der Waals surface area contributed by atoms with Gasteiger partial charge in [-0.15, -0.1) is 0 Å². The molecule has 46 heavy (non-hydrogen) atoms. The van der Waals surface area contributed by atoms with Gasteiger partial charge in [0.1, 0.15) is 6.10 Å². The van der Waals surface area contributed by atoms with Gasteiger partial charge in [0.15, 0.2) is 0 Å². The maximum Gasteiger partial charge on any atom is 0.407 e. The Balaban J connectivity index is 1.42. The second-order valence-electron chi connectivity index (χ2n) is 13.3. The quantitative estimate of drug-likeness (QED) is 0.198. The number of carbonyl (C=O) groups excluding carboxylic acids is 1. The number of likely N-dealkylation sites (tertiary alicyclic amines) is 1. The minimum atomic E-state index is -3.03. The van der Waals surface area contributed by atoms with Crippen LogP contribution in [0.15, 0.2) is 103 Å². The zero-order chi connectivity index (χ0) is 32.1. The second-order valence-corrected chi connectivity index (χ2v) is 17.6. The van der Waals surface area contributed by atoms with Gasteiger partial charge in [0.25, 0.3) is 14.2 Å². The van der Waals surface area contributed by atoms with Crippen LogP contribution < -0.4 is 15.7 Å². The average molecular weight is 631 g/mol. The van der Waals surface area contributed by atoms with E-state index in [1.165, 1.54) is 15.3 Å². The lowest BCUT2D eigenvalue weighted by atomic mass is 9.95. The highest BCUT2D eigenvalue weighted by atomic mass is 28.4. The predicted molar refractivity (Wildman–Crippen MR) is 183 cm³/mol. The molecule has 0 aliphatic carbocycles. The third kappa shape index (κ3) is 5.00. The number of hydrogen-bond donors (Lipinski definition) is 2. The van der Waals surface area contributed by atoms with Gasteiger partial charge < -0.3 is 19.7 Å². The Kier molecular flexibility index (Phi) is 7.53. The number of amides is 2. The van der Waals surface area contributed by atoms with Crippen LogP contribution in [-0.2, 0) is 4.43 Å². The minimum Gasteiger partial charge on any atom is -0.465 e. The fraction of sp³-hybridized carbons (Fsp3) is 0.270. The molecule has 5 aromatic rings. The number of nitrogens with one attached hydrogen (secondary N) is 1. The van der Waals surface area contributed by atoms with Gasteiger partial charge in [-0.1, -0.05) is 99.6 Å². The molecule has 0 radical (unpaired) electrons. The van der Waals surface area contributed by atoms with Crippen LogP contribution in [0.5, 0.6) is 0 Å². The van der Waals surface area contributed by atoms with Crippen molar-refractivity contribution in [2.45, 2.75) is 50.8 Å². The summed E-state index contributed by atoms with van der Waals surface area (Å²) in [5.74, 6) is -0.0947. The van der Waals surface area contributed by atoms with Gasteiger partial charge in [-0.05, 0) is 51.3 Å². The number of nitrogens with zero attached hydrogens (tertiary/aromatic N) is 3. The monoisotopic (exact) mass is 630 g/mol. The molecule has 7 rings (SSSR count). The fourth-order valence-electron chi connectivity index (χ4n) is 7.33. The Hall–Kier alpha value is -4.73. The molecular weight excluding hydrogens is 593 g/mol. The molecule has 2 aliphatic rings. The largest absolute Gasteiger partial charge is 0.465 e. The molecule has 2 amide bonds. The molecule has 4 aromatic carbocycles. The van der Waals surface area contributed by atoms with Crippen molar-refractivity contribution in [2.24, 2.45) is 0 Å². The van der Waals surface area contributed by atoms with Crippen LogP contribution in [0.2, 0.25) is 5.04 Å².